The molecular formula is C27H35N5. The largest absolute Gasteiger partial charge is 0.398 e. The lowest BCUT2D eigenvalue weighted by molar-refractivity contribution is 0.550. The fourth-order valence-corrected chi connectivity index (χ4v) is 5.29. The van der Waals surface area contributed by atoms with Crippen molar-refractivity contribution >= 4 is 11.5 Å². The highest BCUT2D eigenvalue weighted by Gasteiger charge is 2.31. The first-order valence-electron chi connectivity index (χ1n) is 12.1. The quantitative estimate of drug-likeness (QED) is 0.609. The zero-order valence-electron chi connectivity index (χ0n) is 19.7. The minimum atomic E-state index is 0.252. The molecule has 2 heterocycles. The Bertz CT molecular complexity index is 1060. The monoisotopic (exact) mass is 429 g/mol. The summed E-state index contributed by atoms with van der Waals surface area (Å²) in [7, 11) is 0. The Morgan fingerprint density at radius 2 is 2.06 bits per heavy atom. The summed E-state index contributed by atoms with van der Waals surface area (Å²) in [6.45, 7) is 11.9. The molecule has 1 aromatic carbocycles. The van der Waals surface area contributed by atoms with Gasteiger partial charge in [-0.2, -0.15) is 5.26 Å². The van der Waals surface area contributed by atoms with E-state index < -0.39 is 0 Å². The van der Waals surface area contributed by atoms with Gasteiger partial charge in [0.1, 0.15) is 17.7 Å². The SMILES string of the molecule is C=C1CCCCN1c1nc(CC)nc2c1CCC(c1c([C@@H](C)CC)ccc(N)c1C#N)C2. The van der Waals surface area contributed by atoms with Gasteiger partial charge < -0.3 is 10.6 Å². The summed E-state index contributed by atoms with van der Waals surface area (Å²) in [6, 6.07) is 6.45. The molecule has 0 saturated carbocycles. The second-order valence-corrected chi connectivity index (χ2v) is 9.31. The van der Waals surface area contributed by atoms with Gasteiger partial charge in [0.15, 0.2) is 0 Å². The van der Waals surface area contributed by atoms with Gasteiger partial charge >= 0.3 is 0 Å². The third-order valence-electron chi connectivity index (χ3n) is 7.33. The minimum absolute atomic E-state index is 0.252. The number of aromatic nitrogens is 2. The van der Waals surface area contributed by atoms with Crippen LogP contribution in [0.4, 0.5) is 11.5 Å². The molecule has 4 rings (SSSR count). The van der Waals surface area contributed by atoms with Gasteiger partial charge in [0.25, 0.3) is 0 Å². The number of nitrogen functional groups attached to an aromatic ring is 1. The van der Waals surface area contributed by atoms with E-state index in [1.54, 1.807) is 0 Å². The molecule has 168 valence electrons. The number of nitrogens with zero attached hydrogens (tertiary/aromatic N) is 4. The van der Waals surface area contributed by atoms with Crippen LogP contribution >= 0.6 is 0 Å². The predicted octanol–water partition coefficient (Wildman–Crippen LogP) is 5.78. The average Bonchev–Trinajstić information content (AvgIpc) is 2.82. The van der Waals surface area contributed by atoms with Crippen LogP contribution in [0.2, 0.25) is 0 Å². The Morgan fingerprint density at radius 3 is 2.75 bits per heavy atom. The number of anilines is 2. The summed E-state index contributed by atoms with van der Waals surface area (Å²) < 4.78 is 0. The number of hydrogen-bond acceptors (Lipinski definition) is 5. The molecule has 2 aliphatic rings. The van der Waals surface area contributed by atoms with Crippen molar-refractivity contribution in [1.29, 1.82) is 5.26 Å². The standard InChI is InChI=1S/C27H35N5/c1-5-17(3)20-12-13-23(29)22(16-28)26(20)19-10-11-21-24(15-19)30-25(6-2)31-27(21)32-14-8-7-9-18(32)4/h12-13,17,19H,4-11,14-15,29H2,1-3H3/t17-,19?/m0/s1. The first-order chi connectivity index (χ1) is 15.5. The zero-order valence-corrected chi connectivity index (χ0v) is 19.7. The molecule has 1 aliphatic carbocycles. The van der Waals surface area contributed by atoms with E-state index >= 15 is 0 Å². The average molecular weight is 430 g/mol. The van der Waals surface area contributed by atoms with Crippen LogP contribution in [-0.2, 0) is 19.3 Å². The molecule has 0 bridgehead atoms. The summed E-state index contributed by atoms with van der Waals surface area (Å²) in [5, 5.41) is 9.96. The molecule has 0 spiro atoms. The van der Waals surface area contributed by atoms with Gasteiger partial charge in [-0.15, -0.1) is 0 Å². The minimum Gasteiger partial charge on any atom is -0.398 e. The van der Waals surface area contributed by atoms with Crippen LogP contribution in [0.1, 0.15) is 98.5 Å². The van der Waals surface area contributed by atoms with Gasteiger partial charge in [0.05, 0.1) is 11.3 Å². The molecule has 1 saturated heterocycles. The van der Waals surface area contributed by atoms with Crippen LogP contribution in [0, 0.1) is 11.3 Å². The molecule has 1 aromatic heterocycles. The molecule has 32 heavy (non-hydrogen) atoms. The van der Waals surface area contributed by atoms with Gasteiger partial charge in [-0.25, -0.2) is 9.97 Å². The van der Waals surface area contributed by atoms with E-state index in [4.69, 9.17) is 15.7 Å². The van der Waals surface area contributed by atoms with Crippen LogP contribution in [0.3, 0.4) is 0 Å². The van der Waals surface area contributed by atoms with Crippen molar-refractivity contribution in [3.63, 3.8) is 0 Å². The second-order valence-electron chi connectivity index (χ2n) is 9.31. The van der Waals surface area contributed by atoms with Crippen LogP contribution in [0.5, 0.6) is 0 Å². The highest BCUT2D eigenvalue weighted by Crippen LogP contribution is 2.42. The van der Waals surface area contributed by atoms with Gasteiger partial charge in [-0.3, -0.25) is 0 Å². The molecule has 2 N–H and O–H groups in total. The fraction of sp³-hybridized carbons (Fsp3) is 0.519. The van der Waals surface area contributed by atoms with Crippen LogP contribution < -0.4 is 10.6 Å². The Hall–Kier alpha value is -2.87. The maximum atomic E-state index is 9.96. The van der Waals surface area contributed by atoms with Crippen molar-refractivity contribution in [1.82, 2.24) is 9.97 Å². The molecule has 1 fully saturated rings. The summed E-state index contributed by atoms with van der Waals surface area (Å²) in [6.07, 6.45) is 8.00. The number of aryl methyl sites for hydroxylation is 1. The third-order valence-corrected chi connectivity index (χ3v) is 7.33. The lowest BCUT2D eigenvalue weighted by atomic mass is 9.76. The lowest BCUT2D eigenvalue weighted by Crippen LogP contribution is -2.31. The van der Waals surface area contributed by atoms with Crippen molar-refractivity contribution in [3.8, 4) is 6.07 Å². The van der Waals surface area contributed by atoms with Crippen molar-refractivity contribution in [2.75, 3.05) is 17.2 Å². The number of allylic oxidation sites excluding steroid dienone is 1. The van der Waals surface area contributed by atoms with Gasteiger partial charge in [-0.1, -0.05) is 33.4 Å². The fourth-order valence-electron chi connectivity index (χ4n) is 5.29. The Kier molecular flexibility index (Phi) is 6.50. The summed E-state index contributed by atoms with van der Waals surface area (Å²) >= 11 is 0. The second kappa shape index (κ2) is 9.32. The molecule has 5 heteroatoms. The number of nitrogens with two attached hydrogens (primary N) is 1. The van der Waals surface area contributed by atoms with Crippen molar-refractivity contribution < 1.29 is 0 Å². The van der Waals surface area contributed by atoms with Crippen LogP contribution in [0.25, 0.3) is 0 Å². The maximum Gasteiger partial charge on any atom is 0.139 e. The van der Waals surface area contributed by atoms with E-state index in [1.807, 2.05) is 6.07 Å². The van der Waals surface area contributed by atoms with E-state index in [-0.39, 0.29) is 5.92 Å². The molecular weight excluding hydrogens is 394 g/mol. The Balaban J connectivity index is 1.78. The molecule has 2 atom stereocenters. The van der Waals surface area contributed by atoms with Crippen LogP contribution in [-0.4, -0.2) is 16.5 Å². The Morgan fingerprint density at radius 1 is 1.25 bits per heavy atom. The Labute approximate surface area is 192 Å². The summed E-state index contributed by atoms with van der Waals surface area (Å²) in [5.41, 5.74) is 13.5. The van der Waals surface area contributed by atoms with E-state index in [0.717, 1.165) is 68.0 Å². The van der Waals surface area contributed by atoms with Gasteiger partial charge in [-0.05, 0) is 74.0 Å². The van der Waals surface area contributed by atoms with E-state index in [0.29, 0.717) is 17.2 Å². The summed E-state index contributed by atoms with van der Waals surface area (Å²) in [5.74, 6) is 2.61. The molecule has 1 unspecified atom stereocenters. The van der Waals surface area contributed by atoms with E-state index in [9.17, 15) is 5.26 Å². The zero-order chi connectivity index (χ0) is 22.8. The number of fused-ring (bicyclic) bond motifs is 1. The topological polar surface area (TPSA) is 78.8 Å². The third kappa shape index (κ3) is 3.99. The van der Waals surface area contributed by atoms with Crippen molar-refractivity contribution in [2.45, 2.75) is 84.0 Å². The molecule has 1 aliphatic heterocycles. The molecule has 5 nitrogen and oxygen atoms in total. The maximum absolute atomic E-state index is 9.96. The highest BCUT2D eigenvalue weighted by molar-refractivity contribution is 5.63. The number of benzene rings is 1. The van der Waals surface area contributed by atoms with Gasteiger partial charge in [0.2, 0.25) is 0 Å². The molecule has 2 aromatic rings. The van der Waals surface area contributed by atoms with Crippen molar-refractivity contribution in [2.24, 2.45) is 0 Å². The highest BCUT2D eigenvalue weighted by atomic mass is 15.2. The van der Waals surface area contributed by atoms with E-state index in [1.165, 1.54) is 29.7 Å². The number of hydrogen-bond donors (Lipinski definition) is 1. The number of rotatable bonds is 5. The predicted molar refractivity (Wildman–Crippen MR) is 131 cm³/mol. The summed E-state index contributed by atoms with van der Waals surface area (Å²) in [4.78, 5) is 12.3. The first kappa shape index (κ1) is 22.3. The lowest BCUT2D eigenvalue weighted by Gasteiger charge is -2.35. The van der Waals surface area contributed by atoms with Gasteiger partial charge in [0, 0.05) is 29.9 Å². The first-order valence-corrected chi connectivity index (χ1v) is 12.1. The molecule has 0 amide bonds. The number of piperidine rings is 1. The smallest absolute Gasteiger partial charge is 0.139 e. The van der Waals surface area contributed by atoms with E-state index in [2.05, 4.69) is 44.4 Å². The van der Waals surface area contributed by atoms with Crippen LogP contribution in [0.15, 0.2) is 24.4 Å². The normalized spacial score (nSPS) is 19.4. The molecule has 0 radical (unpaired) electrons. The van der Waals surface area contributed by atoms with Crippen molar-refractivity contribution in [3.05, 3.63) is 58.2 Å². The number of nitriles is 1.